The molecule has 0 radical (unpaired) electrons. The Hall–Kier alpha value is -1.74. The van der Waals surface area contributed by atoms with Crippen molar-refractivity contribution in [1.82, 2.24) is 5.32 Å². The summed E-state index contributed by atoms with van der Waals surface area (Å²) in [5.41, 5.74) is 3.29. The highest BCUT2D eigenvalue weighted by molar-refractivity contribution is 7.97. The molecule has 0 saturated carbocycles. The van der Waals surface area contributed by atoms with Gasteiger partial charge in [0.1, 0.15) is 0 Å². The molecule has 1 unspecified atom stereocenters. The lowest BCUT2D eigenvalue weighted by Gasteiger charge is -2.14. The molecular weight excluding hydrogens is 290 g/mol. The molecule has 1 N–H and O–H groups in total. The van der Waals surface area contributed by atoms with Crippen molar-refractivity contribution in [3.05, 3.63) is 71.3 Å². The van der Waals surface area contributed by atoms with Crippen molar-refractivity contribution in [2.75, 3.05) is 6.26 Å². The number of hydrogen-bond acceptors (Lipinski definition) is 2. The highest BCUT2D eigenvalue weighted by Crippen LogP contribution is 2.11. The Morgan fingerprint density at radius 1 is 1.05 bits per heavy atom. The lowest BCUT2D eigenvalue weighted by Crippen LogP contribution is -2.32. The first-order valence-corrected chi connectivity index (χ1v) is 9.01. The summed E-state index contributed by atoms with van der Waals surface area (Å²) in [6.45, 7) is 2.06. The van der Waals surface area contributed by atoms with Crippen molar-refractivity contribution < 1.29 is 4.79 Å². The molecule has 0 bridgehead atoms. The van der Waals surface area contributed by atoms with Crippen LogP contribution >= 0.6 is 11.8 Å². The second-order valence-electron chi connectivity index (χ2n) is 5.53. The van der Waals surface area contributed by atoms with Crippen molar-refractivity contribution >= 4 is 17.7 Å². The summed E-state index contributed by atoms with van der Waals surface area (Å²) in [7, 11) is 0. The summed E-state index contributed by atoms with van der Waals surface area (Å²) in [4.78, 5) is 12.2. The summed E-state index contributed by atoms with van der Waals surface area (Å²) < 4.78 is 0. The van der Waals surface area contributed by atoms with Gasteiger partial charge in [-0.3, -0.25) is 4.79 Å². The van der Waals surface area contributed by atoms with E-state index >= 15 is 0 Å². The topological polar surface area (TPSA) is 29.1 Å². The lowest BCUT2D eigenvalue weighted by molar-refractivity contribution is 0.0938. The third-order valence-electron chi connectivity index (χ3n) is 3.61. The average molecular weight is 313 g/mol. The van der Waals surface area contributed by atoms with Gasteiger partial charge in [0.15, 0.2) is 0 Å². The zero-order valence-electron chi connectivity index (χ0n) is 13.2. The van der Waals surface area contributed by atoms with E-state index in [-0.39, 0.29) is 11.9 Å². The molecule has 116 valence electrons. The van der Waals surface area contributed by atoms with Crippen molar-refractivity contribution in [3.63, 3.8) is 0 Å². The van der Waals surface area contributed by atoms with Gasteiger partial charge in [0.05, 0.1) is 0 Å². The monoisotopic (exact) mass is 313 g/mol. The summed E-state index contributed by atoms with van der Waals surface area (Å²) in [5, 5.41) is 3.07. The van der Waals surface area contributed by atoms with E-state index in [0.717, 1.165) is 24.2 Å². The second-order valence-corrected chi connectivity index (χ2v) is 6.39. The van der Waals surface area contributed by atoms with Gasteiger partial charge in [0.25, 0.3) is 5.91 Å². The minimum atomic E-state index is 0.0104. The number of hydrogen-bond donors (Lipinski definition) is 1. The quantitative estimate of drug-likeness (QED) is 0.825. The minimum Gasteiger partial charge on any atom is -0.350 e. The maximum Gasteiger partial charge on any atom is 0.251 e. The Balaban J connectivity index is 1.82. The number of carbonyl (C=O) groups is 1. The van der Waals surface area contributed by atoms with Crippen molar-refractivity contribution in [3.8, 4) is 0 Å². The van der Waals surface area contributed by atoms with Crippen LogP contribution in [0.1, 0.15) is 34.8 Å². The molecule has 2 rings (SSSR count). The Labute approximate surface area is 137 Å². The van der Waals surface area contributed by atoms with Gasteiger partial charge in [-0.1, -0.05) is 42.5 Å². The van der Waals surface area contributed by atoms with E-state index in [1.165, 1.54) is 11.1 Å². The van der Waals surface area contributed by atoms with E-state index < -0.39 is 0 Å². The molecule has 0 aliphatic rings. The van der Waals surface area contributed by atoms with E-state index in [4.69, 9.17) is 0 Å². The molecule has 0 aliphatic heterocycles. The van der Waals surface area contributed by atoms with Crippen LogP contribution in [0, 0.1) is 0 Å². The van der Waals surface area contributed by atoms with Gasteiger partial charge in [-0.05, 0) is 49.3 Å². The molecule has 0 heterocycles. The molecule has 2 aromatic carbocycles. The predicted octanol–water partition coefficient (Wildman–Crippen LogP) is 4.30. The number of thioether (sulfide) groups is 1. The molecular formula is C19H23NOS. The number of aryl methyl sites for hydroxylation is 1. The van der Waals surface area contributed by atoms with Crippen molar-refractivity contribution in [2.24, 2.45) is 0 Å². The highest BCUT2D eigenvalue weighted by Gasteiger charge is 2.09. The van der Waals surface area contributed by atoms with E-state index in [9.17, 15) is 4.79 Å². The third kappa shape index (κ3) is 5.23. The van der Waals surface area contributed by atoms with Crippen LogP contribution in [0.5, 0.6) is 0 Å². The van der Waals surface area contributed by atoms with Crippen molar-refractivity contribution in [2.45, 2.75) is 31.6 Å². The second kappa shape index (κ2) is 8.64. The van der Waals surface area contributed by atoms with Gasteiger partial charge in [0.2, 0.25) is 0 Å². The molecule has 1 atom stereocenters. The molecule has 0 saturated heterocycles. The zero-order valence-corrected chi connectivity index (χ0v) is 14.0. The summed E-state index contributed by atoms with van der Waals surface area (Å²) in [5.74, 6) is 0.992. The zero-order chi connectivity index (χ0) is 15.8. The fourth-order valence-electron chi connectivity index (χ4n) is 2.33. The van der Waals surface area contributed by atoms with Crippen LogP contribution in [-0.4, -0.2) is 18.2 Å². The lowest BCUT2D eigenvalue weighted by atomic mass is 10.1. The molecule has 2 nitrogen and oxygen atoms in total. The number of rotatable bonds is 7. The Kier molecular flexibility index (Phi) is 6.53. The fraction of sp³-hybridized carbons (Fsp3) is 0.316. The van der Waals surface area contributed by atoms with E-state index in [1.807, 2.05) is 30.3 Å². The van der Waals surface area contributed by atoms with Gasteiger partial charge >= 0.3 is 0 Å². The Morgan fingerprint density at radius 2 is 1.73 bits per heavy atom. The molecule has 2 aromatic rings. The van der Waals surface area contributed by atoms with Crippen molar-refractivity contribution in [1.29, 1.82) is 0 Å². The third-order valence-corrected chi connectivity index (χ3v) is 4.24. The van der Waals surface area contributed by atoms with Crippen LogP contribution in [0.2, 0.25) is 0 Å². The molecule has 0 aromatic heterocycles. The molecule has 22 heavy (non-hydrogen) atoms. The number of nitrogens with one attached hydrogen (secondary N) is 1. The molecule has 0 fully saturated rings. The normalized spacial score (nSPS) is 11.9. The maximum atomic E-state index is 12.2. The van der Waals surface area contributed by atoms with Gasteiger partial charge in [-0.2, -0.15) is 11.8 Å². The SMILES string of the molecule is CSCc1ccc(C(=O)NC(C)CCc2ccccc2)cc1. The number of amides is 1. The number of benzene rings is 2. The molecule has 3 heteroatoms. The molecule has 1 amide bonds. The standard InChI is InChI=1S/C19H23NOS/c1-15(8-9-16-6-4-3-5-7-16)20-19(21)18-12-10-17(11-13-18)14-22-2/h3-7,10-13,15H,8-9,14H2,1-2H3,(H,20,21). The van der Waals surface area contributed by atoms with Gasteiger partial charge in [-0.15, -0.1) is 0 Å². The summed E-state index contributed by atoms with van der Waals surface area (Å²) in [6.07, 6.45) is 4.00. The molecule has 0 aliphatic carbocycles. The molecule has 0 spiro atoms. The van der Waals surface area contributed by atoms with Gasteiger partial charge in [0, 0.05) is 17.4 Å². The number of carbonyl (C=O) groups excluding carboxylic acids is 1. The van der Waals surface area contributed by atoms with E-state index in [1.54, 1.807) is 11.8 Å². The first-order valence-electron chi connectivity index (χ1n) is 7.61. The maximum absolute atomic E-state index is 12.2. The summed E-state index contributed by atoms with van der Waals surface area (Å²) in [6, 6.07) is 18.4. The van der Waals surface area contributed by atoms with Gasteiger partial charge in [-0.25, -0.2) is 0 Å². The van der Waals surface area contributed by atoms with Crippen LogP contribution in [-0.2, 0) is 12.2 Å². The van der Waals surface area contributed by atoms with E-state index in [0.29, 0.717) is 0 Å². The van der Waals surface area contributed by atoms with Crippen LogP contribution in [0.15, 0.2) is 54.6 Å². The summed E-state index contributed by atoms with van der Waals surface area (Å²) >= 11 is 1.78. The first-order chi connectivity index (χ1) is 10.7. The highest BCUT2D eigenvalue weighted by atomic mass is 32.2. The van der Waals surface area contributed by atoms with Crippen LogP contribution in [0.25, 0.3) is 0 Å². The van der Waals surface area contributed by atoms with E-state index in [2.05, 4.69) is 42.8 Å². The average Bonchev–Trinajstić information content (AvgIpc) is 2.55. The Bertz CT molecular complexity index is 580. The minimum absolute atomic E-state index is 0.0104. The largest absolute Gasteiger partial charge is 0.350 e. The first kappa shape index (κ1) is 16.6. The van der Waals surface area contributed by atoms with Crippen LogP contribution < -0.4 is 5.32 Å². The van der Waals surface area contributed by atoms with Crippen LogP contribution in [0.3, 0.4) is 0 Å². The van der Waals surface area contributed by atoms with Crippen LogP contribution in [0.4, 0.5) is 0 Å². The van der Waals surface area contributed by atoms with Gasteiger partial charge < -0.3 is 5.32 Å². The predicted molar refractivity (Wildman–Crippen MR) is 95.4 cm³/mol. The smallest absolute Gasteiger partial charge is 0.251 e. The fourth-order valence-corrected chi connectivity index (χ4v) is 2.85. The Morgan fingerprint density at radius 3 is 2.36 bits per heavy atom.